The predicted molar refractivity (Wildman–Crippen MR) is 104 cm³/mol. The van der Waals surface area contributed by atoms with Crippen molar-refractivity contribution >= 4 is 0 Å². The van der Waals surface area contributed by atoms with E-state index in [0.717, 1.165) is 43.2 Å². The lowest BCUT2D eigenvalue weighted by atomic mass is 9.81. The van der Waals surface area contributed by atoms with Crippen LogP contribution in [0, 0.1) is 0 Å². The summed E-state index contributed by atoms with van der Waals surface area (Å²) >= 11 is 0. The van der Waals surface area contributed by atoms with Crippen LogP contribution in [0.1, 0.15) is 44.1 Å². The Morgan fingerprint density at radius 2 is 1.89 bits per heavy atom. The van der Waals surface area contributed by atoms with Crippen molar-refractivity contribution in [2.45, 2.75) is 56.6 Å². The molecule has 1 aromatic heterocycles. The number of rotatable bonds is 3. The van der Waals surface area contributed by atoms with Crippen molar-refractivity contribution in [3.8, 4) is 17.2 Å². The number of aromatic nitrogens is 1. The van der Waals surface area contributed by atoms with E-state index in [2.05, 4.69) is 16.0 Å². The van der Waals surface area contributed by atoms with Gasteiger partial charge in [0.05, 0.1) is 0 Å². The number of nitrogens with one attached hydrogen (secondary N) is 1. The summed E-state index contributed by atoms with van der Waals surface area (Å²) in [5, 5.41) is 0. The first-order valence-electron chi connectivity index (χ1n) is 10.1. The van der Waals surface area contributed by atoms with Gasteiger partial charge in [0.1, 0.15) is 22.8 Å². The van der Waals surface area contributed by atoms with Crippen LogP contribution in [0.5, 0.6) is 17.2 Å². The standard InChI is InChI=1S/C22H26N2O3/c25-21-7-5-19(15-23-21)26-18-4-6-20-16(14-18)8-9-22(27-20)10-12-24(13-11-22)17-2-1-3-17/h4-7,14-15,17H,1-3,8-13H2,(H,23,25). The first kappa shape index (κ1) is 16.9. The minimum atomic E-state index is -0.130. The molecule has 1 spiro atoms. The zero-order chi connectivity index (χ0) is 18.3. The molecule has 1 saturated heterocycles. The summed E-state index contributed by atoms with van der Waals surface area (Å²) in [5.74, 6) is 2.42. The van der Waals surface area contributed by atoms with Crippen molar-refractivity contribution in [2.75, 3.05) is 13.1 Å². The summed E-state index contributed by atoms with van der Waals surface area (Å²) in [6, 6.07) is 10.0. The van der Waals surface area contributed by atoms with Gasteiger partial charge < -0.3 is 19.4 Å². The number of nitrogens with zero attached hydrogens (tertiary/aromatic N) is 1. The second kappa shape index (κ2) is 6.71. The number of benzene rings is 1. The first-order chi connectivity index (χ1) is 13.2. The van der Waals surface area contributed by atoms with E-state index in [-0.39, 0.29) is 11.2 Å². The van der Waals surface area contributed by atoms with Crippen LogP contribution >= 0.6 is 0 Å². The van der Waals surface area contributed by atoms with E-state index in [1.54, 1.807) is 12.3 Å². The van der Waals surface area contributed by atoms with Gasteiger partial charge in [-0.25, -0.2) is 0 Å². The quantitative estimate of drug-likeness (QED) is 0.896. The minimum absolute atomic E-state index is 0.0224. The van der Waals surface area contributed by atoms with E-state index in [9.17, 15) is 4.79 Å². The molecule has 5 nitrogen and oxygen atoms in total. The molecule has 3 heterocycles. The molecule has 3 aliphatic rings. The van der Waals surface area contributed by atoms with Crippen LogP contribution in [0.4, 0.5) is 0 Å². The van der Waals surface area contributed by atoms with Gasteiger partial charge in [0.25, 0.3) is 0 Å². The third-order valence-corrected chi connectivity index (χ3v) is 6.50. The molecule has 27 heavy (non-hydrogen) atoms. The number of likely N-dealkylation sites (tertiary alicyclic amines) is 1. The van der Waals surface area contributed by atoms with E-state index in [0.29, 0.717) is 5.75 Å². The molecule has 142 valence electrons. The lowest BCUT2D eigenvalue weighted by molar-refractivity contribution is -0.0337. The molecule has 5 rings (SSSR count). The van der Waals surface area contributed by atoms with E-state index in [4.69, 9.17) is 9.47 Å². The molecule has 2 aliphatic heterocycles. The van der Waals surface area contributed by atoms with E-state index >= 15 is 0 Å². The molecule has 5 heteroatoms. The first-order valence-corrected chi connectivity index (χ1v) is 10.1. The Morgan fingerprint density at radius 3 is 2.59 bits per heavy atom. The summed E-state index contributed by atoms with van der Waals surface area (Å²) in [6.45, 7) is 2.35. The van der Waals surface area contributed by atoms with Crippen LogP contribution in [0.25, 0.3) is 0 Å². The highest BCUT2D eigenvalue weighted by molar-refractivity contribution is 5.43. The van der Waals surface area contributed by atoms with Crippen LogP contribution in [-0.2, 0) is 6.42 Å². The van der Waals surface area contributed by atoms with Crippen LogP contribution in [0.3, 0.4) is 0 Å². The van der Waals surface area contributed by atoms with E-state index < -0.39 is 0 Å². The fraction of sp³-hybridized carbons (Fsp3) is 0.500. The van der Waals surface area contributed by atoms with Crippen LogP contribution < -0.4 is 15.0 Å². The minimum Gasteiger partial charge on any atom is -0.487 e. The van der Waals surface area contributed by atoms with E-state index in [1.165, 1.54) is 44.0 Å². The number of pyridine rings is 1. The second-order valence-corrected chi connectivity index (χ2v) is 8.17. The fourth-order valence-electron chi connectivity index (χ4n) is 4.56. The zero-order valence-electron chi connectivity index (χ0n) is 15.6. The molecule has 2 fully saturated rings. The lowest BCUT2D eigenvalue weighted by Crippen LogP contribution is -2.53. The third kappa shape index (κ3) is 3.36. The zero-order valence-corrected chi connectivity index (χ0v) is 15.6. The Kier molecular flexibility index (Phi) is 4.20. The summed E-state index contributed by atoms with van der Waals surface area (Å²) in [5.41, 5.74) is 1.10. The number of ether oxygens (including phenoxy) is 2. The largest absolute Gasteiger partial charge is 0.487 e. The third-order valence-electron chi connectivity index (χ3n) is 6.50. The number of aromatic amines is 1. The fourth-order valence-corrected chi connectivity index (χ4v) is 4.56. The Bertz CT molecular complexity index is 859. The number of fused-ring (bicyclic) bond motifs is 1. The highest BCUT2D eigenvalue weighted by Crippen LogP contribution is 2.42. The van der Waals surface area contributed by atoms with E-state index in [1.807, 2.05) is 12.1 Å². The van der Waals surface area contributed by atoms with Crippen molar-refractivity contribution in [3.63, 3.8) is 0 Å². The normalized spacial score (nSPS) is 21.9. The van der Waals surface area contributed by atoms with Gasteiger partial charge in [-0.3, -0.25) is 4.79 Å². The van der Waals surface area contributed by atoms with Gasteiger partial charge in [-0.2, -0.15) is 0 Å². The topological polar surface area (TPSA) is 54.6 Å². The van der Waals surface area contributed by atoms with Gasteiger partial charge in [-0.15, -0.1) is 0 Å². The Labute approximate surface area is 159 Å². The molecule has 0 unspecified atom stereocenters. The monoisotopic (exact) mass is 366 g/mol. The summed E-state index contributed by atoms with van der Waals surface area (Å²) in [4.78, 5) is 16.5. The van der Waals surface area contributed by atoms with Gasteiger partial charge in [0.15, 0.2) is 0 Å². The average molecular weight is 366 g/mol. The number of hydrogen-bond acceptors (Lipinski definition) is 4. The SMILES string of the molecule is O=c1ccc(Oc2ccc3c(c2)CCC2(CCN(C4CCC4)CC2)O3)c[nH]1. The van der Waals surface area contributed by atoms with Gasteiger partial charge >= 0.3 is 0 Å². The Hall–Kier alpha value is -2.27. The maximum Gasteiger partial charge on any atom is 0.248 e. The van der Waals surface area contributed by atoms with Crippen LogP contribution in [-0.4, -0.2) is 34.6 Å². The number of hydrogen-bond donors (Lipinski definition) is 1. The molecule has 0 amide bonds. The predicted octanol–water partition coefficient (Wildman–Crippen LogP) is 3.88. The molecule has 1 aromatic carbocycles. The highest BCUT2D eigenvalue weighted by Gasteiger charge is 2.41. The Balaban J connectivity index is 1.26. The molecule has 1 saturated carbocycles. The van der Waals surface area contributed by atoms with Crippen LogP contribution in [0.2, 0.25) is 0 Å². The maximum atomic E-state index is 11.2. The average Bonchev–Trinajstić information content (AvgIpc) is 2.64. The van der Waals surface area contributed by atoms with Gasteiger partial charge in [0.2, 0.25) is 5.56 Å². The molecule has 2 aromatic rings. The highest BCUT2D eigenvalue weighted by atomic mass is 16.5. The van der Waals surface area contributed by atoms with Crippen molar-refractivity contribution in [3.05, 3.63) is 52.4 Å². The number of aryl methyl sites for hydroxylation is 1. The smallest absolute Gasteiger partial charge is 0.248 e. The van der Waals surface area contributed by atoms with Crippen LogP contribution in [0.15, 0.2) is 41.3 Å². The molecule has 1 aliphatic carbocycles. The van der Waals surface area contributed by atoms with Gasteiger partial charge in [-0.1, -0.05) is 6.42 Å². The van der Waals surface area contributed by atoms with Crippen molar-refractivity contribution in [1.82, 2.24) is 9.88 Å². The maximum absolute atomic E-state index is 11.2. The second-order valence-electron chi connectivity index (χ2n) is 8.17. The summed E-state index contributed by atoms with van der Waals surface area (Å²) < 4.78 is 12.4. The van der Waals surface area contributed by atoms with Crippen molar-refractivity contribution in [2.24, 2.45) is 0 Å². The molecule has 0 atom stereocenters. The summed E-state index contributed by atoms with van der Waals surface area (Å²) in [6.07, 6.45) is 10.1. The molecule has 1 N–H and O–H groups in total. The van der Waals surface area contributed by atoms with Gasteiger partial charge in [-0.05, 0) is 68.4 Å². The number of piperidine rings is 1. The Morgan fingerprint density at radius 1 is 1.07 bits per heavy atom. The van der Waals surface area contributed by atoms with Crippen molar-refractivity contribution in [1.29, 1.82) is 0 Å². The number of H-pyrrole nitrogens is 1. The lowest BCUT2D eigenvalue weighted by Gasteiger charge is -2.48. The molecular weight excluding hydrogens is 340 g/mol. The molecular formula is C22H26N2O3. The summed E-state index contributed by atoms with van der Waals surface area (Å²) in [7, 11) is 0. The van der Waals surface area contributed by atoms with Gasteiger partial charge in [0, 0.05) is 31.4 Å². The molecule has 0 bridgehead atoms. The molecule has 0 radical (unpaired) electrons. The van der Waals surface area contributed by atoms with Crippen molar-refractivity contribution < 1.29 is 9.47 Å².